The van der Waals surface area contributed by atoms with E-state index < -0.39 is 16.9 Å². The first-order valence-electron chi connectivity index (χ1n) is 11.8. The third-order valence-corrected chi connectivity index (χ3v) is 7.95. The lowest BCUT2D eigenvalue weighted by Gasteiger charge is -2.48. The molecule has 2 aliphatic rings. The van der Waals surface area contributed by atoms with Gasteiger partial charge in [-0.1, -0.05) is 44.2 Å². The van der Waals surface area contributed by atoms with Gasteiger partial charge >= 0.3 is 5.97 Å². The fourth-order valence-electron chi connectivity index (χ4n) is 5.82. The zero-order valence-corrected chi connectivity index (χ0v) is 20.4. The molecule has 2 aromatic carbocycles. The number of carbonyl (C=O) groups excluding carboxylic acids is 1. The number of hydrogen-bond acceptors (Lipinski definition) is 4. The Bertz CT molecular complexity index is 1470. The van der Waals surface area contributed by atoms with Crippen LogP contribution in [0.15, 0.2) is 77.6 Å². The Balaban J connectivity index is 1.65. The summed E-state index contributed by atoms with van der Waals surface area (Å²) in [6, 6.07) is 19.6. The molecule has 0 fully saturated rings. The first-order valence-corrected chi connectivity index (χ1v) is 11.8. The van der Waals surface area contributed by atoms with Crippen LogP contribution in [0.2, 0.25) is 0 Å². The number of Topliss-reactive ketones (excluding diaryl/α,β-unsaturated/α-hetero) is 1. The second-order valence-corrected chi connectivity index (χ2v) is 9.87. The van der Waals surface area contributed by atoms with Crippen molar-refractivity contribution in [2.24, 2.45) is 0 Å². The molecule has 178 valence electrons. The number of para-hydroxylation sites is 2. The molecule has 1 aliphatic carbocycles. The van der Waals surface area contributed by atoms with Gasteiger partial charge in [-0.25, -0.2) is 0 Å². The lowest BCUT2D eigenvalue weighted by Crippen LogP contribution is -2.60. The average molecular weight is 470 g/mol. The van der Waals surface area contributed by atoms with Crippen LogP contribution in [0.1, 0.15) is 39.0 Å². The van der Waals surface area contributed by atoms with Crippen molar-refractivity contribution >= 4 is 34.4 Å². The summed E-state index contributed by atoms with van der Waals surface area (Å²) in [5, 5.41) is 22.0. The van der Waals surface area contributed by atoms with Crippen molar-refractivity contribution in [3.8, 4) is 0 Å². The highest BCUT2D eigenvalue weighted by molar-refractivity contribution is 6.23. The molecule has 1 aliphatic heterocycles. The van der Waals surface area contributed by atoms with Gasteiger partial charge in [0.15, 0.2) is 5.78 Å². The number of aliphatic hydroxyl groups is 1. The normalized spacial score (nSPS) is 22.0. The molecule has 0 saturated carbocycles. The molecule has 2 heterocycles. The maximum Gasteiger partial charge on any atom is 0.323 e. The van der Waals surface area contributed by atoms with Crippen LogP contribution in [0.4, 0.5) is 5.69 Å². The predicted molar refractivity (Wildman–Crippen MR) is 135 cm³/mol. The summed E-state index contributed by atoms with van der Waals surface area (Å²) in [6.07, 6.45) is 1.73. The SMILES string of the molecule is CC[n+]1c(/C=C2/C(=O)C(C3(C)N(CC(=O)O)c4ccccc4C3(C)C)=C2O)ccc2ccccc21. The number of hydrogen-bond donors (Lipinski definition) is 2. The predicted octanol–water partition coefficient (Wildman–Crippen LogP) is 4.57. The van der Waals surface area contributed by atoms with E-state index in [1.54, 1.807) is 11.0 Å². The van der Waals surface area contributed by atoms with Crippen molar-refractivity contribution < 1.29 is 24.4 Å². The second kappa shape index (κ2) is 7.80. The molecular weight excluding hydrogens is 440 g/mol. The zero-order chi connectivity index (χ0) is 25.1. The van der Waals surface area contributed by atoms with Gasteiger partial charge in [0.05, 0.1) is 16.7 Å². The molecule has 6 nitrogen and oxygen atoms in total. The molecule has 1 aromatic heterocycles. The van der Waals surface area contributed by atoms with E-state index in [-0.39, 0.29) is 29.2 Å². The highest BCUT2D eigenvalue weighted by Gasteiger charge is 2.61. The van der Waals surface area contributed by atoms with Gasteiger partial charge in [0.1, 0.15) is 18.8 Å². The first-order chi connectivity index (χ1) is 16.6. The summed E-state index contributed by atoms with van der Waals surface area (Å²) in [6.45, 7) is 8.33. The topological polar surface area (TPSA) is 81.7 Å². The molecule has 0 saturated heterocycles. The van der Waals surface area contributed by atoms with Gasteiger partial charge in [-0.2, -0.15) is 4.57 Å². The largest absolute Gasteiger partial charge is 0.507 e. The number of carboxylic acids is 1. The van der Waals surface area contributed by atoms with Gasteiger partial charge in [0.2, 0.25) is 11.2 Å². The van der Waals surface area contributed by atoms with E-state index in [2.05, 4.69) is 4.57 Å². The van der Waals surface area contributed by atoms with Crippen molar-refractivity contribution in [1.29, 1.82) is 0 Å². The number of fused-ring (bicyclic) bond motifs is 2. The van der Waals surface area contributed by atoms with Crippen molar-refractivity contribution in [3.63, 3.8) is 0 Å². The second-order valence-electron chi connectivity index (χ2n) is 9.87. The van der Waals surface area contributed by atoms with E-state index in [0.29, 0.717) is 6.54 Å². The summed E-state index contributed by atoms with van der Waals surface area (Å²) in [7, 11) is 0. The van der Waals surface area contributed by atoms with Crippen molar-refractivity contribution in [2.45, 2.75) is 45.2 Å². The highest BCUT2D eigenvalue weighted by atomic mass is 16.4. The number of allylic oxidation sites excluding steroid dienone is 1. The van der Waals surface area contributed by atoms with Crippen LogP contribution in [-0.2, 0) is 21.5 Å². The summed E-state index contributed by atoms with van der Waals surface area (Å²) < 4.78 is 2.11. The Hall–Kier alpha value is -3.93. The van der Waals surface area contributed by atoms with Crippen LogP contribution < -0.4 is 9.47 Å². The number of aliphatic hydroxyl groups excluding tert-OH is 1. The molecule has 0 spiro atoms. The standard InChI is InChI=1S/C29H28N2O4/c1-5-30-19(15-14-18-10-6-8-12-22(18)30)16-20-26(34)25(27(20)35)29(4)28(2,3)21-11-7-9-13-23(21)31(29)17-24(32)33/h6-16H,5,17H2,1-4H3,(H-,32,33,34,35)/p+1. The van der Waals surface area contributed by atoms with Gasteiger partial charge in [0, 0.05) is 34.7 Å². The summed E-state index contributed by atoms with van der Waals surface area (Å²) in [5.41, 5.74) is 2.45. The molecule has 1 unspecified atom stereocenters. The number of aryl methyl sites for hydroxylation is 1. The van der Waals surface area contributed by atoms with Crippen LogP contribution in [0.3, 0.4) is 0 Å². The molecule has 35 heavy (non-hydrogen) atoms. The fourth-order valence-corrected chi connectivity index (χ4v) is 5.82. The number of carbonyl (C=O) groups is 2. The van der Waals surface area contributed by atoms with Gasteiger partial charge < -0.3 is 15.1 Å². The van der Waals surface area contributed by atoms with E-state index in [9.17, 15) is 19.8 Å². The molecule has 5 rings (SSSR count). The number of rotatable bonds is 5. The van der Waals surface area contributed by atoms with E-state index in [0.717, 1.165) is 27.8 Å². The number of nitrogens with zero attached hydrogens (tertiary/aromatic N) is 2. The molecule has 1 atom stereocenters. The van der Waals surface area contributed by atoms with Gasteiger partial charge in [-0.05, 0) is 37.6 Å². The third-order valence-electron chi connectivity index (χ3n) is 7.95. The summed E-state index contributed by atoms with van der Waals surface area (Å²) in [5.74, 6) is -1.31. The van der Waals surface area contributed by atoms with Crippen LogP contribution in [0.25, 0.3) is 17.0 Å². The van der Waals surface area contributed by atoms with Crippen molar-refractivity contribution in [3.05, 3.63) is 88.8 Å². The van der Waals surface area contributed by atoms with E-state index in [4.69, 9.17) is 0 Å². The monoisotopic (exact) mass is 469 g/mol. The number of benzene rings is 2. The third kappa shape index (κ3) is 3.05. The highest BCUT2D eigenvalue weighted by Crippen LogP contribution is 2.57. The molecule has 0 bridgehead atoms. The van der Waals surface area contributed by atoms with Gasteiger partial charge in [0.25, 0.3) is 0 Å². The lowest BCUT2D eigenvalue weighted by molar-refractivity contribution is -0.669. The van der Waals surface area contributed by atoms with Gasteiger partial charge in [-0.3, -0.25) is 9.59 Å². The van der Waals surface area contributed by atoms with Crippen LogP contribution in [-0.4, -0.2) is 34.0 Å². The molecule has 2 N–H and O–H groups in total. The maximum atomic E-state index is 13.6. The Morgan fingerprint density at radius 2 is 1.71 bits per heavy atom. The molecule has 3 aromatic rings. The van der Waals surface area contributed by atoms with E-state index >= 15 is 0 Å². The van der Waals surface area contributed by atoms with E-state index in [1.165, 1.54) is 0 Å². The number of aliphatic carboxylic acids is 1. The minimum atomic E-state index is -1.03. The zero-order valence-electron chi connectivity index (χ0n) is 20.4. The summed E-state index contributed by atoms with van der Waals surface area (Å²) >= 11 is 0. The van der Waals surface area contributed by atoms with E-state index in [1.807, 2.05) is 88.4 Å². The Labute approximate surface area is 204 Å². The molecular formula is C29H29N2O4+. The van der Waals surface area contributed by atoms with Gasteiger partial charge in [-0.15, -0.1) is 0 Å². The maximum absolute atomic E-state index is 13.6. The van der Waals surface area contributed by atoms with Crippen LogP contribution in [0.5, 0.6) is 0 Å². The Morgan fingerprint density at radius 3 is 2.40 bits per heavy atom. The van der Waals surface area contributed by atoms with Crippen LogP contribution in [0, 0.1) is 0 Å². The molecule has 0 amide bonds. The lowest BCUT2D eigenvalue weighted by atomic mass is 9.62. The summed E-state index contributed by atoms with van der Waals surface area (Å²) in [4.78, 5) is 27.2. The number of aromatic nitrogens is 1. The minimum Gasteiger partial charge on any atom is -0.507 e. The van der Waals surface area contributed by atoms with Crippen LogP contribution >= 0.6 is 0 Å². The Kier molecular flexibility index (Phi) is 5.09. The fraction of sp³-hybridized carbons (Fsp3) is 0.276. The Morgan fingerprint density at radius 1 is 1.03 bits per heavy atom. The minimum absolute atomic E-state index is 0.0652. The van der Waals surface area contributed by atoms with Crippen molar-refractivity contribution in [1.82, 2.24) is 0 Å². The smallest absolute Gasteiger partial charge is 0.323 e. The van der Waals surface area contributed by atoms with Crippen molar-refractivity contribution in [2.75, 3.05) is 11.4 Å². The molecule has 6 heteroatoms. The molecule has 0 radical (unpaired) electrons. The number of ketones is 1. The quantitative estimate of drug-likeness (QED) is 0.423. The average Bonchev–Trinajstić information content (AvgIpc) is 3.00. The number of pyridine rings is 1. The number of anilines is 1. The number of carboxylic acid groups (broad SMARTS) is 1. The first kappa shape index (κ1) is 22.8.